The lowest BCUT2D eigenvalue weighted by molar-refractivity contribution is 0.102. The second kappa shape index (κ2) is 3.51. The highest BCUT2D eigenvalue weighted by atomic mass is 16.1. The summed E-state index contributed by atoms with van der Waals surface area (Å²) in [5.74, 6) is -0.178. The van der Waals surface area contributed by atoms with Crippen molar-refractivity contribution in [3.8, 4) is 0 Å². The first kappa shape index (κ1) is 9.71. The van der Waals surface area contributed by atoms with Crippen molar-refractivity contribution in [2.24, 2.45) is 7.05 Å². The number of carbonyl (C=O) groups excluding carboxylic acids is 1. The van der Waals surface area contributed by atoms with Crippen LogP contribution in [0.25, 0.3) is 11.0 Å². The summed E-state index contributed by atoms with van der Waals surface area (Å²) in [5, 5.41) is 9.14. The fraction of sp³-hybridized carbons (Fsp3) is 0.0909. The summed E-state index contributed by atoms with van der Waals surface area (Å²) in [4.78, 5) is 15.0. The van der Waals surface area contributed by atoms with Gasteiger partial charge in [0.25, 0.3) is 5.91 Å². The molecular weight excluding hydrogens is 218 g/mol. The number of aryl methyl sites for hydroxylation is 1. The van der Waals surface area contributed by atoms with E-state index >= 15 is 0 Å². The Hall–Kier alpha value is -2.50. The minimum atomic E-state index is -0.178. The molecule has 0 aliphatic heterocycles. The molecule has 6 nitrogen and oxygen atoms in total. The van der Waals surface area contributed by atoms with E-state index in [1.54, 1.807) is 12.4 Å². The number of amides is 1. The first-order valence-electron chi connectivity index (χ1n) is 5.18. The molecule has 3 N–H and O–H groups in total. The van der Waals surface area contributed by atoms with Gasteiger partial charge in [-0.3, -0.25) is 9.89 Å². The summed E-state index contributed by atoms with van der Waals surface area (Å²) in [6.45, 7) is 0. The molecule has 0 saturated carbocycles. The summed E-state index contributed by atoms with van der Waals surface area (Å²) >= 11 is 0. The zero-order valence-corrected chi connectivity index (χ0v) is 9.19. The Morgan fingerprint density at radius 3 is 3.12 bits per heavy atom. The molecule has 3 aromatic rings. The van der Waals surface area contributed by atoms with Gasteiger partial charge in [-0.2, -0.15) is 5.10 Å². The molecule has 3 aromatic heterocycles. The van der Waals surface area contributed by atoms with Crippen LogP contribution in [0, 0.1) is 0 Å². The van der Waals surface area contributed by atoms with Crippen molar-refractivity contribution >= 4 is 22.6 Å². The summed E-state index contributed by atoms with van der Waals surface area (Å²) in [6, 6.07) is 3.76. The summed E-state index contributed by atoms with van der Waals surface area (Å²) in [7, 11) is 1.94. The highest BCUT2D eigenvalue weighted by molar-refractivity contribution is 6.05. The van der Waals surface area contributed by atoms with Crippen LogP contribution < -0.4 is 5.32 Å². The van der Waals surface area contributed by atoms with Gasteiger partial charge in [0.15, 0.2) is 0 Å². The Labute approximate surface area is 96.6 Å². The summed E-state index contributed by atoms with van der Waals surface area (Å²) in [6.07, 6.45) is 5.13. The maximum atomic E-state index is 11.9. The third-order valence-electron chi connectivity index (χ3n) is 2.67. The van der Waals surface area contributed by atoms with Crippen LogP contribution in [0.2, 0.25) is 0 Å². The van der Waals surface area contributed by atoms with Crippen LogP contribution in [-0.2, 0) is 7.05 Å². The van der Waals surface area contributed by atoms with Crippen molar-refractivity contribution in [1.82, 2.24) is 19.7 Å². The van der Waals surface area contributed by atoms with Gasteiger partial charge in [0.1, 0.15) is 5.69 Å². The van der Waals surface area contributed by atoms with Crippen molar-refractivity contribution in [2.45, 2.75) is 0 Å². The largest absolute Gasteiger partial charge is 0.349 e. The summed E-state index contributed by atoms with van der Waals surface area (Å²) < 4.78 is 1.96. The van der Waals surface area contributed by atoms with Gasteiger partial charge in [0.05, 0.1) is 22.9 Å². The molecule has 0 aromatic carbocycles. The Balaban J connectivity index is 1.90. The van der Waals surface area contributed by atoms with E-state index in [0.717, 1.165) is 11.0 Å². The van der Waals surface area contributed by atoms with E-state index in [1.165, 1.54) is 0 Å². The van der Waals surface area contributed by atoms with Gasteiger partial charge in [0, 0.05) is 19.4 Å². The molecule has 86 valence electrons. The zero-order chi connectivity index (χ0) is 11.8. The quantitative estimate of drug-likeness (QED) is 0.622. The van der Waals surface area contributed by atoms with Crippen LogP contribution in [0.15, 0.2) is 30.7 Å². The predicted molar refractivity (Wildman–Crippen MR) is 63.8 cm³/mol. The Morgan fingerprint density at radius 1 is 1.53 bits per heavy atom. The van der Waals surface area contributed by atoms with Gasteiger partial charge in [0.2, 0.25) is 0 Å². The van der Waals surface area contributed by atoms with Crippen LogP contribution in [0.1, 0.15) is 10.5 Å². The molecule has 0 saturated heterocycles. The van der Waals surface area contributed by atoms with Crippen LogP contribution in [0.3, 0.4) is 0 Å². The molecule has 0 bridgehead atoms. The minimum Gasteiger partial charge on any atom is -0.349 e. The zero-order valence-electron chi connectivity index (χ0n) is 9.19. The van der Waals surface area contributed by atoms with Gasteiger partial charge < -0.3 is 14.9 Å². The third-order valence-corrected chi connectivity index (χ3v) is 2.67. The Kier molecular flexibility index (Phi) is 2.01. The molecule has 0 atom stereocenters. The maximum Gasteiger partial charge on any atom is 0.272 e. The number of fused-ring (bicyclic) bond motifs is 1. The second-order valence-electron chi connectivity index (χ2n) is 3.85. The number of hydrogen-bond donors (Lipinski definition) is 3. The number of rotatable bonds is 2. The molecular formula is C11H11N5O. The molecule has 0 spiro atoms. The van der Waals surface area contributed by atoms with Crippen LogP contribution >= 0.6 is 0 Å². The molecule has 3 rings (SSSR count). The first-order valence-corrected chi connectivity index (χ1v) is 5.18. The van der Waals surface area contributed by atoms with E-state index in [9.17, 15) is 4.79 Å². The fourth-order valence-electron chi connectivity index (χ4n) is 1.79. The Morgan fingerprint density at radius 2 is 2.41 bits per heavy atom. The lowest BCUT2D eigenvalue weighted by Gasteiger charge is -1.98. The van der Waals surface area contributed by atoms with Crippen molar-refractivity contribution in [2.75, 3.05) is 5.32 Å². The fourth-order valence-corrected chi connectivity index (χ4v) is 1.79. The van der Waals surface area contributed by atoms with Gasteiger partial charge >= 0.3 is 0 Å². The predicted octanol–water partition coefficient (Wildman–Crippen LogP) is 1.48. The van der Waals surface area contributed by atoms with E-state index < -0.39 is 0 Å². The highest BCUT2D eigenvalue weighted by Gasteiger charge is 2.11. The normalized spacial score (nSPS) is 10.9. The van der Waals surface area contributed by atoms with Crippen LogP contribution in [0.4, 0.5) is 5.69 Å². The topological polar surface area (TPSA) is 78.5 Å². The molecule has 0 aliphatic carbocycles. The average molecular weight is 229 g/mol. The van der Waals surface area contributed by atoms with E-state index in [1.807, 2.05) is 29.9 Å². The molecule has 3 heterocycles. The highest BCUT2D eigenvalue weighted by Crippen LogP contribution is 2.16. The molecule has 17 heavy (non-hydrogen) atoms. The lowest BCUT2D eigenvalue weighted by Crippen LogP contribution is -2.11. The number of H-pyrrole nitrogens is 2. The van der Waals surface area contributed by atoms with E-state index in [-0.39, 0.29) is 5.91 Å². The third kappa shape index (κ3) is 1.59. The number of nitrogens with one attached hydrogen (secondary N) is 3. The monoisotopic (exact) mass is 229 g/mol. The smallest absolute Gasteiger partial charge is 0.272 e. The second-order valence-corrected chi connectivity index (χ2v) is 3.85. The van der Waals surface area contributed by atoms with Crippen molar-refractivity contribution in [3.63, 3.8) is 0 Å². The number of carbonyl (C=O) groups is 1. The molecule has 1 amide bonds. The standard InChI is InChI=1S/C11H11N5O/c1-16-3-2-8-10(16)4-9(15-8)11(17)14-7-5-12-13-6-7/h2-6,15H,1H3,(H,12,13)(H,14,17). The lowest BCUT2D eigenvalue weighted by atomic mass is 10.4. The summed E-state index contributed by atoms with van der Waals surface area (Å²) in [5.41, 5.74) is 3.13. The van der Waals surface area contributed by atoms with E-state index in [2.05, 4.69) is 20.5 Å². The van der Waals surface area contributed by atoms with Crippen molar-refractivity contribution in [1.29, 1.82) is 0 Å². The van der Waals surface area contributed by atoms with Crippen molar-refractivity contribution < 1.29 is 4.79 Å². The van der Waals surface area contributed by atoms with Gasteiger partial charge in [-0.05, 0) is 12.1 Å². The van der Waals surface area contributed by atoms with Gasteiger partial charge in [-0.15, -0.1) is 0 Å². The van der Waals surface area contributed by atoms with Crippen LogP contribution in [0.5, 0.6) is 0 Å². The van der Waals surface area contributed by atoms with E-state index in [4.69, 9.17) is 0 Å². The van der Waals surface area contributed by atoms with Crippen LogP contribution in [-0.4, -0.2) is 25.7 Å². The number of aromatic amines is 2. The molecule has 0 fully saturated rings. The molecule has 0 aliphatic rings. The van der Waals surface area contributed by atoms with Gasteiger partial charge in [-0.25, -0.2) is 0 Å². The molecule has 6 heteroatoms. The average Bonchev–Trinajstić information content (AvgIpc) is 2.97. The van der Waals surface area contributed by atoms with Crippen molar-refractivity contribution in [3.05, 3.63) is 36.4 Å². The number of hydrogen-bond acceptors (Lipinski definition) is 2. The molecule has 0 radical (unpaired) electrons. The van der Waals surface area contributed by atoms with Gasteiger partial charge in [-0.1, -0.05) is 0 Å². The molecule has 0 unspecified atom stereocenters. The number of nitrogens with zero attached hydrogens (tertiary/aromatic N) is 2. The SMILES string of the molecule is Cn1ccc2[nH]c(C(=O)Nc3cn[nH]c3)cc21. The number of anilines is 1. The maximum absolute atomic E-state index is 11.9. The minimum absolute atomic E-state index is 0.178. The first-order chi connectivity index (χ1) is 8.24. The number of aromatic nitrogens is 4. The van der Waals surface area contributed by atoms with E-state index in [0.29, 0.717) is 11.4 Å². The Bertz CT molecular complexity index is 661.